The van der Waals surface area contributed by atoms with Crippen molar-refractivity contribution >= 4 is 5.69 Å². The van der Waals surface area contributed by atoms with Crippen LogP contribution in [0.4, 0.5) is 5.69 Å². The van der Waals surface area contributed by atoms with E-state index in [1.54, 1.807) is 12.3 Å². The maximum absolute atomic E-state index is 9.35. The molecule has 1 atom stereocenters. The van der Waals surface area contributed by atoms with E-state index in [1.165, 1.54) is 0 Å². The van der Waals surface area contributed by atoms with Gasteiger partial charge < -0.3 is 10.0 Å². The number of aliphatic hydroxyl groups is 1. The molecule has 0 spiro atoms. The minimum absolute atomic E-state index is 0.231. The Morgan fingerprint density at radius 1 is 1.57 bits per heavy atom. The van der Waals surface area contributed by atoms with E-state index < -0.39 is 0 Å². The van der Waals surface area contributed by atoms with Gasteiger partial charge in [-0.2, -0.15) is 5.26 Å². The number of aromatic nitrogens is 1. The van der Waals surface area contributed by atoms with Crippen molar-refractivity contribution in [3.8, 4) is 6.07 Å². The highest BCUT2D eigenvalue weighted by molar-refractivity contribution is 5.46. The maximum atomic E-state index is 9.35. The predicted molar refractivity (Wildman–Crippen MR) is 51.8 cm³/mol. The molecule has 1 aromatic heterocycles. The molecule has 1 N–H and O–H groups in total. The van der Waals surface area contributed by atoms with Crippen LogP contribution in [-0.2, 0) is 0 Å². The Balaban J connectivity index is 2.14. The third kappa shape index (κ3) is 1.68. The van der Waals surface area contributed by atoms with Crippen LogP contribution in [0.1, 0.15) is 12.1 Å². The summed E-state index contributed by atoms with van der Waals surface area (Å²) in [5.41, 5.74) is 1.40. The van der Waals surface area contributed by atoms with Crippen molar-refractivity contribution in [1.29, 1.82) is 5.26 Å². The Labute approximate surface area is 82.4 Å². The highest BCUT2D eigenvalue weighted by Crippen LogP contribution is 2.19. The van der Waals surface area contributed by atoms with Crippen LogP contribution in [0.2, 0.25) is 0 Å². The van der Waals surface area contributed by atoms with Crippen LogP contribution in [0.15, 0.2) is 18.3 Å². The first-order chi connectivity index (χ1) is 6.79. The molecule has 1 aliphatic heterocycles. The molecule has 0 aliphatic carbocycles. The Kier molecular flexibility index (Phi) is 2.33. The van der Waals surface area contributed by atoms with Crippen molar-refractivity contribution in [2.24, 2.45) is 0 Å². The second kappa shape index (κ2) is 3.64. The number of hydrogen-bond acceptors (Lipinski definition) is 4. The van der Waals surface area contributed by atoms with Crippen LogP contribution >= 0.6 is 0 Å². The second-order valence-electron chi connectivity index (χ2n) is 3.40. The fourth-order valence-corrected chi connectivity index (χ4v) is 1.62. The van der Waals surface area contributed by atoms with Gasteiger partial charge in [-0.15, -0.1) is 0 Å². The molecule has 0 saturated carbocycles. The van der Waals surface area contributed by atoms with Crippen LogP contribution in [0.3, 0.4) is 0 Å². The molecule has 1 aliphatic rings. The Morgan fingerprint density at radius 3 is 2.93 bits per heavy atom. The number of β-amino-alcohol motifs (C(OH)–C–C–N with tert-alkyl or cyclic N) is 1. The molecule has 0 aromatic carbocycles. The smallest absolute Gasteiger partial charge is 0.140 e. The fraction of sp³-hybridized carbons (Fsp3) is 0.400. The van der Waals surface area contributed by atoms with E-state index in [1.807, 2.05) is 12.1 Å². The van der Waals surface area contributed by atoms with E-state index in [0.717, 1.165) is 18.7 Å². The topological polar surface area (TPSA) is 60.2 Å². The lowest BCUT2D eigenvalue weighted by Crippen LogP contribution is -2.21. The van der Waals surface area contributed by atoms with Crippen LogP contribution in [0.25, 0.3) is 0 Å². The van der Waals surface area contributed by atoms with Crippen molar-refractivity contribution in [2.45, 2.75) is 12.5 Å². The van der Waals surface area contributed by atoms with E-state index >= 15 is 0 Å². The lowest BCUT2D eigenvalue weighted by molar-refractivity contribution is 0.198. The Bertz CT molecular complexity index is 355. The molecule has 1 aromatic rings. The van der Waals surface area contributed by atoms with Gasteiger partial charge >= 0.3 is 0 Å². The zero-order valence-electron chi connectivity index (χ0n) is 7.72. The summed E-state index contributed by atoms with van der Waals surface area (Å²) in [5, 5.41) is 17.9. The quantitative estimate of drug-likeness (QED) is 0.699. The molecule has 4 nitrogen and oxygen atoms in total. The summed E-state index contributed by atoms with van der Waals surface area (Å²) in [5.74, 6) is 0. The summed E-state index contributed by atoms with van der Waals surface area (Å²) in [6.45, 7) is 1.52. The van der Waals surface area contributed by atoms with Gasteiger partial charge in [0.2, 0.25) is 0 Å². The van der Waals surface area contributed by atoms with E-state index in [9.17, 15) is 5.11 Å². The van der Waals surface area contributed by atoms with Crippen LogP contribution in [0, 0.1) is 11.3 Å². The van der Waals surface area contributed by atoms with Gasteiger partial charge in [0, 0.05) is 13.1 Å². The third-order valence-corrected chi connectivity index (χ3v) is 2.39. The van der Waals surface area contributed by atoms with Gasteiger partial charge in [0.05, 0.1) is 18.0 Å². The molecule has 4 heteroatoms. The molecule has 2 rings (SSSR count). The van der Waals surface area contributed by atoms with Gasteiger partial charge in [-0.3, -0.25) is 0 Å². The number of rotatable bonds is 1. The van der Waals surface area contributed by atoms with Gasteiger partial charge in [0.1, 0.15) is 11.8 Å². The van der Waals surface area contributed by atoms with Gasteiger partial charge in [-0.1, -0.05) is 0 Å². The van der Waals surface area contributed by atoms with Crippen LogP contribution in [0.5, 0.6) is 0 Å². The zero-order chi connectivity index (χ0) is 9.97. The Hall–Kier alpha value is -1.60. The maximum Gasteiger partial charge on any atom is 0.140 e. The average Bonchev–Trinajstić information content (AvgIpc) is 2.65. The lowest BCUT2D eigenvalue weighted by atomic mass is 10.3. The number of aliphatic hydroxyl groups excluding tert-OH is 1. The summed E-state index contributed by atoms with van der Waals surface area (Å²) in [6.07, 6.45) is 2.25. The van der Waals surface area contributed by atoms with Gasteiger partial charge in [0.25, 0.3) is 0 Å². The predicted octanol–water partition coefficient (Wildman–Crippen LogP) is 0.524. The lowest BCUT2D eigenvalue weighted by Gasteiger charge is -2.16. The van der Waals surface area contributed by atoms with Crippen LogP contribution < -0.4 is 4.90 Å². The fourth-order valence-electron chi connectivity index (χ4n) is 1.62. The van der Waals surface area contributed by atoms with Gasteiger partial charge in [0.15, 0.2) is 0 Å². The normalized spacial score (nSPS) is 20.9. The number of nitrogens with zero attached hydrogens (tertiary/aromatic N) is 3. The van der Waals surface area contributed by atoms with E-state index in [4.69, 9.17) is 5.26 Å². The first-order valence-electron chi connectivity index (χ1n) is 4.59. The molecule has 72 valence electrons. The molecule has 14 heavy (non-hydrogen) atoms. The summed E-state index contributed by atoms with van der Waals surface area (Å²) >= 11 is 0. The standard InChI is InChI=1S/C10H11N3O/c11-5-8-1-2-9(6-12-8)13-4-3-10(14)7-13/h1-2,6,10,14H,3-4,7H2/t10-/m0/s1. The largest absolute Gasteiger partial charge is 0.391 e. The first kappa shape index (κ1) is 8.97. The van der Waals surface area contributed by atoms with Crippen molar-refractivity contribution in [3.63, 3.8) is 0 Å². The molecule has 0 unspecified atom stereocenters. The van der Waals surface area contributed by atoms with Gasteiger partial charge in [-0.25, -0.2) is 4.98 Å². The molecule has 2 heterocycles. The van der Waals surface area contributed by atoms with E-state index in [-0.39, 0.29) is 6.10 Å². The van der Waals surface area contributed by atoms with E-state index in [2.05, 4.69) is 9.88 Å². The molecule has 1 fully saturated rings. The zero-order valence-corrected chi connectivity index (χ0v) is 7.72. The van der Waals surface area contributed by atoms with Crippen LogP contribution in [-0.4, -0.2) is 29.3 Å². The van der Waals surface area contributed by atoms with Crippen molar-refractivity contribution < 1.29 is 5.11 Å². The summed E-state index contributed by atoms with van der Waals surface area (Å²) in [6, 6.07) is 5.53. The second-order valence-corrected chi connectivity index (χ2v) is 3.40. The number of pyridine rings is 1. The third-order valence-electron chi connectivity index (χ3n) is 2.39. The minimum Gasteiger partial charge on any atom is -0.391 e. The van der Waals surface area contributed by atoms with Crippen molar-refractivity contribution in [3.05, 3.63) is 24.0 Å². The number of hydrogen-bond donors (Lipinski definition) is 1. The Morgan fingerprint density at radius 2 is 2.43 bits per heavy atom. The summed E-state index contributed by atoms with van der Waals surface area (Å²) < 4.78 is 0. The average molecular weight is 189 g/mol. The minimum atomic E-state index is -0.231. The molecule has 1 saturated heterocycles. The highest BCUT2D eigenvalue weighted by Gasteiger charge is 2.20. The molecule has 0 radical (unpaired) electrons. The highest BCUT2D eigenvalue weighted by atomic mass is 16.3. The summed E-state index contributed by atoms with van der Waals surface area (Å²) in [4.78, 5) is 6.05. The van der Waals surface area contributed by atoms with Gasteiger partial charge in [-0.05, 0) is 18.6 Å². The SMILES string of the molecule is N#Cc1ccc(N2CC[C@H](O)C2)cn1. The molecular weight excluding hydrogens is 178 g/mol. The molecular formula is C10H11N3O. The number of nitriles is 1. The molecule has 0 bridgehead atoms. The first-order valence-corrected chi connectivity index (χ1v) is 4.59. The van der Waals surface area contributed by atoms with E-state index in [0.29, 0.717) is 12.2 Å². The number of anilines is 1. The van der Waals surface area contributed by atoms with Crippen molar-refractivity contribution in [1.82, 2.24) is 4.98 Å². The molecule has 0 amide bonds. The monoisotopic (exact) mass is 189 g/mol. The summed E-state index contributed by atoms with van der Waals surface area (Å²) in [7, 11) is 0. The van der Waals surface area contributed by atoms with Crippen molar-refractivity contribution in [2.75, 3.05) is 18.0 Å².